The summed E-state index contributed by atoms with van der Waals surface area (Å²) in [6.07, 6.45) is -8.82. The predicted octanol–water partition coefficient (Wildman–Crippen LogP) is 4.54. The van der Waals surface area contributed by atoms with Crippen molar-refractivity contribution in [2.75, 3.05) is 45.6 Å². The van der Waals surface area contributed by atoms with Crippen molar-refractivity contribution in [3.8, 4) is 0 Å². The van der Waals surface area contributed by atoms with E-state index in [1.807, 2.05) is 4.90 Å². The minimum absolute atomic E-state index is 0.0184. The number of hydrogen-bond acceptors (Lipinski definition) is 4. The Morgan fingerprint density at radius 1 is 0.974 bits per heavy atom. The van der Waals surface area contributed by atoms with Crippen molar-refractivity contribution in [3.63, 3.8) is 0 Å². The fourth-order valence-corrected chi connectivity index (χ4v) is 4.36. The van der Waals surface area contributed by atoms with E-state index in [0.29, 0.717) is 36.2 Å². The van der Waals surface area contributed by atoms with Gasteiger partial charge in [0.25, 0.3) is 0 Å². The van der Waals surface area contributed by atoms with Crippen molar-refractivity contribution in [2.24, 2.45) is 0 Å². The number of alkyl halides is 6. The largest absolute Gasteiger partial charge is 0.471 e. The van der Waals surface area contributed by atoms with E-state index in [4.69, 9.17) is 0 Å². The molecule has 1 aliphatic rings. The number of rotatable bonds is 8. The van der Waals surface area contributed by atoms with E-state index in [0.717, 1.165) is 11.0 Å². The van der Waals surface area contributed by atoms with Crippen molar-refractivity contribution in [1.29, 1.82) is 0 Å². The molecule has 0 saturated carbocycles. The minimum Gasteiger partial charge on any atom is -0.376 e. The molecule has 0 aromatic heterocycles. The molecule has 0 bridgehead atoms. The summed E-state index contributed by atoms with van der Waals surface area (Å²) >= 11 is 0. The van der Waals surface area contributed by atoms with Crippen LogP contribution in [0.3, 0.4) is 0 Å². The lowest BCUT2D eigenvalue weighted by Crippen LogP contribution is -2.40. The molecule has 1 aliphatic heterocycles. The van der Waals surface area contributed by atoms with Gasteiger partial charge in [-0.25, -0.2) is 0 Å². The molecule has 2 aromatic rings. The molecule has 208 valence electrons. The van der Waals surface area contributed by atoms with Crippen molar-refractivity contribution >= 4 is 17.5 Å². The van der Waals surface area contributed by atoms with Crippen molar-refractivity contribution in [1.82, 2.24) is 14.7 Å². The fraction of sp³-hybridized carbons (Fsp3) is 0.462. The highest BCUT2D eigenvalue weighted by atomic mass is 19.4. The third kappa shape index (κ3) is 7.62. The van der Waals surface area contributed by atoms with Crippen molar-refractivity contribution in [3.05, 3.63) is 64.7 Å². The van der Waals surface area contributed by atoms with Gasteiger partial charge in [-0.2, -0.15) is 26.3 Å². The Morgan fingerprint density at radius 3 is 2.34 bits per heavy atom. The maximum absolute atomic E-state index is 13.5. The number of amides is 2. The quantitative estimate of drug-likeness (QED) is 0.496. The fourth-order valence-electron chi connectivity index (χ4n) is 4.36. The molecule has 3 rings (SSSR count). The highest BCUT2D eigenvalue weighted by Crippen LogP contribution is 2.33. The maximum atomic E-state index is 13.5. The zero-order valence-corrected chi connectivity index (χ0v) is 21.1. The Hall–Kier alpha value is -3.28. The summed E-state index contributed by atoms with van der Waals surface area (Å²) in [5.74, 6) is -2.32. The monoisotopic (exact) mass is 544 g/mol. The Bertz CT molecular complexity index is 1130. The van der Waals surface area contributed by atoms with Crippen LogP contribution in [0.2, 0.25) is 0 Å². The van der Waals surface area contributed by atoms with Crippen LogP contribution in [0, 0.1) is 0 Å². The number of anilines is 1. The number of carbonyl (C=O) groups is 2. The van der Waals surface area contributed by atoms with Gasteiger partial charge in [0.1, 0.15) is 0 Å². The van der Waals surface area contributed by atoms with Gasteiger partial charge in [-0.15, -0.1) is 0 Å². The van der Waals surface area contributed by atoms with E-state index in [2.05, 4.69) is 5.32 Å². The number of benzene rings is 2. The molecule has 0 spiro atoms. The van der Waals surface area contributed by atoms with Gasteiger partial charge in [-0.3, -0.25) is 9.59 Å². The summed E-state index contributed by atoms with van der Waals surface area (Å²) in [5.41, 5.74) is 0.971. The lowest BCUT2D eigenvalue weighted by Gasteiger charge is -2.26. The summed E-state index contributed by atoms with van der Waals surface area (Å²) in [4.78, 5) is 28.9. The average molecular weight is 545 g/mol. The molecule has 2 amide bonds. The third-order valence-electron chi connectivity index (χ3n) is 6.30. The molecule has 1 N–H and O–H groups in total. The summed E-state index contributed by atoms with van der Waals surface area (Å²) in [6.45, 7) is -0.0811. The molecule has 38 heavy (non-hydrogen) atoms. The second-order valence-corrected chi connectivity index (χ2v) is 9.40. The normalized spacial score (nSPS) is 14.2. The van der Waals surface area contributed by atoms with Crippen LogP contribution in [0.5, 0.6) is 0 Å². The van der Waals surface area contributed by atoms with Crippen molar-refractivity contribution < 1.29 is 35.9 Å². The molecule has 0 fully saturated rings. The summed E-state index contributed by atoms with van der Waals surface area (Å²) in [5, 5.41) is 3.02. The lowest BCUT2D eigenvalue weighted by molar-refractivity contribution is -0.186. The maximum Gasteiger partial charge on any atom is 0.471 e. The first kappa shape index (κ1) is 29.3. The predicted molar refractivity (Wildman–Crippen MR) is 130 cm³/mol. The first-order valence-electron chi connectivity index (χ1n) is 12.1. The molecule has 0 unspecified atom stereocenters. The Labute approximate surface area is 217 Å². The number of hydrogen-bond donors (Lipinski definition) is 1. The number of fused-ring (bicyclic) bond motifs is 1. The van der Waals surface area contributed by atoms with E-state index in [1.165, 1.54) is 23.1 Å². The standard InChI is InChI=1S/C26H30F6N4O2/c1-34(2)13-14-35(17-19-7-3-4-10-21(19)25(27,28)29)23(37)15-33-22-11-5-8-18-16-36(12-6-9-20(18)22)24(38)26(30,31)32/h3-5,7-8,10-11,33H,6,9,12-17H2,1-2H3. The minimum atomic E-state index is -4.96. The van der Waals surface area contributed by atoms with Gasteiger partial charge in [0.05, 0.1) is 12.1 Å². The Kier molecular flexibility index (Phi) is 9.29. The first-order chi connectivity index (χ1) is 17.8. The van der Waals surface area contributed by atoms with E-state index < -0.39 is 29.7 Å². The van der Waals surface area contributed by atoms with Crippen LogP contribution in [0.15, 0.2) is 42.5 Å². The van der Waals surface area contributed by atoms with Gasteiger partial charge >= 0.3 is 18.3 Å². The molecule has 12 heteroatoms. The highest BCUT2D eigenvalue weighted by molar-refractivity contribution is 5.82. The van der Waals surface area contributed by atoms with E-state index >= 15 is 0 Å². The molecule has 2 aromatic carbocycles. The van der Waals surface area contributed by atoms with E-state index in [-0.39, 0.29) is 38.3 Å². The van der Waals surface area contributed by atoms with Crippen LogP contribution in [-0.2, 0) is 35.3 Å². The molecule has 0 atom stereocenters. The van der Waals surface area contributed by atoms with Gasteiger partial charge in [0.2, 0.25) is 5.91 Å². The van der Waals surface area contributed by atoms with Crippen LogP contribution in [-0.4, -0.2) is 73.0 Å². The molecule has 6 nitrogen and oxygen atoms in total. The first-order valence-corrected chi connectivity index (χ1v) is 12.1. The van der Waals surface area contributed by atoms with Crippen LogP contribution in [0.4, 0.5) is 32.0 Å². The van der Waals surface area contributed by atoms with E-state index in [9.17, 15) is 35.9 Å². The van der Waals surface area contributed by atoms with Gasteiger partial charge in [-0.05, 0) is 55.8 Å². The molecule has 1 heterocycles. The molecular weight excluding hydrogens is 514 g/mol. The smallest absolute Gasteiger partial charge is 0.376 e. The Balaban J connectivity index is 1.77. The van der Waals surface area contributed by atoms with Gasteiger partial charge < -0.3 is 20.0 Å². The number of likely N-dealkylation sites (N-methyl/N-ethyl adjacent to an activating group) is 1. The molecular formula is C26H30F6N4O2. The second kappa shape index (κ2) is 12.1. The summed E-state index contributed by atoms with van der Waals surface area (Å²) in [7, 11) is 3.58. The number of halogens is 6. The van der Waals surface area contributed by atoms with Crippen molar-refractivity contribution in [2.45, 2.75) is 38.3 Å². The molecule has 0 radical (unpaired) electrons. The molecule has 0 saturated heterocycles. The van der Waals surface area contributed by atoms with Crippen LogP contribution in [0.1, 0.15) is 28.7 Å². The number of nitrogens with zero attached hydrogens (tertiary/aromatic N) is 3. The third-order valence-corrected chi connectivity index (χ3v) is 6.30. The van der Waals surface area contributed by atoms with Gasteiger partial charge in [-0.1, -0.05) is 30.3 Å². The molecule has 0 aliphatic carbocycles. The zero-order chi connectivity index (χ0) is 28.1. The highest BCUT2D eigenvalue weighted by Gasteiger charge is 2.42. The van der Waals surface area contributed by atoms with Crippen LogP contribution >= 0.6 is 0 Å². The van der Waals surface area contributed by atoms with Gasteiger partial charge in [0.15, 0.2) is 0 Å². The number of nitrogens with one attached hydrogen (secondary N) is 1. The summed E-state index contributed by atoms with van der Waals surface area (Å²) < 4.78 is 79.4. The zero-order valence-electron chi connectivity index (χ0n) is 21.1. The van der Waals surface area contributed by atoms with Crippen LogP contribution < -0.4 is 5.32 Å². The number of carbonyl (C=O) groups excluding carboxylic acids is 2. The average Bonchev–Trinajstić information content (AvgIpc) is 3.06. The summed E-state index contributed by atoms with van der Waals surface area (Å²) in [6, 6.07) is 10.1. The Morgan fingerprint density at radius 2 is 1.68 bits per heavy atom. The van der Waals surface area contributed by atoms with E-state index in [1.54, 1.807) is 32.3 Å². The lowest BCUT2D eigenvalue weighted by atomic mass is 10.0. The second-order valence-electron chi connectivity index (χ2n) is 9.40. The van der Waals surface area contributed by atoms with Gasteiger partial charge in [0, 0.05) is 38.4 Å². The SMILES string of the molecule is CN(C)CCN(Cc1ccccc1C(F)(F)F)C(=O)CNc1cccc2c1CCCN(C(=O)C(F)(F)F)C2. The topological polar surface area (TPSA) is 55.9 Å². The van der Waals surface area contributed by atoms with Crippen LogP contribution in [0.25, 0.3) is 0 Å².